The van der Waals surface area contributed by atoms with Crippen LogP contribution in [0.4, 0.5) is 13.2 Å². The number of benzene rings is 1. The Hall–Kier alpha value is -3.56. The molecule has 10 heteroatoms. The van der Waals surface area contributed by atoms with E-state index in [1.54, 1.807) is 36.7 Å². The second-order valence-corrected chi connectivity index (χ2v) is 7.76. The number of fused-ring (bicyclic) bond motifs is 1. The van der Waals surface area contributed by atoms with Crippen LogP contribution < -0.4 is 10.3 Å². The van der Waals surface area contributed by atoms with Gasteiger partial charge in [-0.2, -0.15) is 13.2 Å². The second-order valence-electron chi connectivity index (χ2n) is 7.76. The summed E-state index contributed by atoms with van der Waals surface area (Å²) in [6, 6.07) is 6.45. The maximum Gasteiger partial charge on any atom is 0.419 e. The Labute approximate surface area is 181 Å². The summed E-state index contributed by atoms with van der Waals surface area (Å²) in [7, 11) is 1.18. The Morgan fingerprint density at radius 2 is 1.94 bits per heavy atom. The van der Waals surface area contributed by atoms with E-state index in [0.717, 1.165) is 11.8 Å². The monoisotopic (exact) mass is 446 g/mol. The molecule has 3 heterocycles. The Kier molecular flexibility index (Phi) is 5.31. The number of hydrogen-bond acceptors (Lipinski definition) is 4. The summed E-state index contributed by atoms with van der Waals surface area (Å²) in [5.74, 6) is -0.697. The number of amides is 1. The van der Waals surface area contributed by atoms with Gasteiger partial charge in [0.2, 0.25) is 0 Å². The molecule has 0 bridgehead atoms. The Bertz CT molecular complexity index is 1250. The molecule has 2 aromatic heterocycles. The maximum absolute atomic E-state index is 13.4. The average molecular weight is 446 g/mol. The lowest BCUT2D eigenvalue weighted by Gasteiger charge is -2.35. The molecule has 0 spiro atoms. The predicted octanol–water partition coefficient (Wildman–Crippen LogP) is 3.41. The van der Waals surface area contributed by atoms with Crippen LogP contribution in [0.5, 0.6) is 5.75 Å². The van der Waals surface area contributed by atoms with Crippen molar-refractivity contribution in [3.8, 4) is 11.4 Å². The average Bonchev–Trinajstić information content (AvgIpc) is 3.17. The molecule has 0 aliphatic carbocycles. The van der Waals surface area contributed by atoms with E-state index in [9.17, 15) is 22.8 Å². The van der Waals surface area contributed by atoms with Crippen molar-refractivity contribution in [2.24, 2.45) is 0 Å². The molecule has 3 aromatic rings. The number of carbonyl (C=O) groups excluding carboxylic acids is 1. The number of alkyl halides is 3. The Morgan fingerprint density at radius 3 is 2.56 bits per heavy atom. The molecule has 0 fully saturated rings. The molecule has 1 amide bonds. The van der Waals surface area contributed by atoms with Crippen molar-refractivity contribution in [1.82, 2.24) is 19.0 Å². The van der Waals surface area contributed by atoms with Crippen molar-refractivity contribution in [2.45, 2.75) is 39.2 Å². The zero-order chi connectivity index (χ0) is 23.2. The van der Waals surface area contributed by atoms with Gasteiger partial charge in [-0.25, -0.2) is 4.98 Å². The number of pyridine rings is 1. The molecule has 4 rings (SSSR count). The van der Waals surface area contributed by atoms with Crippen LogP contribution >= 0.6 is 0 Å². The molecule has 32 heavy (non-hydrogen) atoms. The van der Waals surface area contributed by atoms with E-state index in [1.807, 2.05) is 0 Å². The quantitative estimate of drug-likeness (QED) is 0.616. The number of rotatable bonds is 4. The van der Waals surface area contributed by atoms with E-state index in [1.165, 1.54) is 35.0 Å². The molecule has 0 saturated carbocycles. The van der Waals surface area contributed by atoms with Gasteiger partial charge in [0.05, 0.1) is 24.7 Å². The van der Waals surface area contributed by atoms with E-state index >= 15 is 0 Å². The SMILES string of the molecule is COc1ccc(CN2C(=O)c3ccc(-n4cnc(C)c4)c(=O)n3C[C@H]2C)cc1C(F)(F)F. The minimum atomic E-state index is -4.58. The van der Waals surface area contributed by atoms with Gasteiger partial charge >= 0.3 is 6.18 Å². The van der Waals surface area contributed by atoms with Crippen molar-refractivity contribution in [2.75, 3.05) is 7.11 Å². The summed E-state index contributed by atoms with van der Waals surface area (Å²) in [4.78, 5) is 31.7. The van der Waals surface area contributed by atoms with E-state index in [2.05, 4.69) is 4.98 Å². The molecule has 7 nitrogen and oxygen atoms in total. The van der Waals surface area contributed by atoms with Gasteiger partial charge in [-0.1, -0.05) is 6.07 Å². The summed E-state index contributed by atoms with van der Waals surface area (Å²) in [6.45, 7) is 3.77. The number of hydrogen-bond donors (Lipinski definition) is 0. The van der Waals surface area contributed by atoms with Crippen LogP contribution in [0, 0.1) is 6.92 Å². The third-order valence-corrected chi connectivity index (χ3v) is 5.53. The number of aryl methyl sites for hydroxylation is 1. The minimum Gasteiger partial charge on any atom is -0.496 e. The fourth-order valence-electron chi connectivity index (χ4n) is 3.89. The first-order valence-corrected chi connectivity index (χ1v) is 9.90. The molecule has 168 valence electrons. The lowest BCUT2D eigenvalue weighted by atomic mass is 10.1. The first kappa shape index (κ1) is 21.7. The molecular formula is C22H21F3N4O3. The lowest BCUT2D eigenvalue weighted by molar-refractivity contribution is -0.138. The van der Waals surface area contributed by atoms with Crippen LogP contribution in [-0.4, -0.2) is 38.1 Å². The largest absolute Gasteiger partial charge is 0.496 e. The highest BCUT2D eigenvalue weighted by Gasteiger charge is 2.36. The van der Waals surface area contributed by atoms with E-state index < -0.39 is 23.7 Å². The highest BCUT2D eigenvalue weighted by atomic mass is 19.4. The number of methoxy groups -OCH3 is 1. The summed E-state index contributed by atoms with van der Waals surface area (Å²) in [5, 5.41) is 0. The van der Waals surface area contributed by atoms with Gasteiger partial charge in [0.25, 0.3) is 11.5 Å². The van der Waals surface area contributed by atoms with E-state index in [-0.39, 0.29) is 30.1 Å². The zero-order valence-electron chi connectivity index (χ0n) is 17.7. The molecule has 1 aliphatic rings. The molecule has 0 N–H and O–H groups in total. The van der Waals surface area contributed by atoms with Gasteiger partial charge < -0.3 is 18.8 Å². The van der Waals surface area contributed by atoms with Gasteiger partial charge in [-0.15, -0.1) is 0 Å². The van der Waals surface area contributed by atoms with Crippen molar-refractivity contribution in [1.29, 1.82) is 0 Å². The van der Waals surface area contributed by atoms with Crippen molar-refractivity contribution in [3.05, 3.63) is 75.7 Å². The van der Waals surface area contributed by atoms with Crippen LogP contribution in [0.15, 0.2) is 47.7 Å². The predicted molar refractivity (Wildman–Crippen MR) is 110 cm³/mol. The molecule has 0 radical (unpaired) electrons. The van der Waals surface area contributed by atoms with Crippen LogP contribution in [0.2, 0.25) is 0 Å². The molecule has 1 atom stereocenters. The molecule has 1 aromatic carbocycles. The van der Waals surface area contributed by atoms with Gasteiger partial charge in [0.15, 0.2) is 0 Å². The topological polar surface area (TPSA) is 69.4 Å². The van der Waals surface area contributed by atoms with Crippen LogP contribution in [0.25, 0.3) is 5.69 Å². The fraction of sp³-hybridized carbons (Fsp3) is 0.318. The number of imidazole rings is 1. The molecule has 1 aliphatic heterocycles. The third-order valence-electron chi connectivity index (χ3n) is 5.53. The first-order valence-electron chi connectivity index (χ1n) is 9.90. The Balaban J connectivity index is 1.67. The molecular weight excluding hydrogens is 425 g/mol. The minimum absolute atomic E-state index is 0.0241. The van der Waals surface area contributed by atoms with Gasteiger partial charge in [0, 0.05) is 25.3 Å². The van der Waals surface area contributed by atoms with Crippen molar-refractivity contribution >= 4 is 5.91 Å². The normalized spacial score (nSPS) is 16.2. The van der Waals surface area contributed by atoms with Crippen LogP contribution in [0.1, 0.15) is 34.2 Å². The fourth-order valence-corrected chi connectivity index (χ4v) is 3.89. The number of halogens is 3. The lowest BCUT2D eigenvalue weighted by Crippen LogP contribution is -2.49. The number of nitrogens with zero attached hydrogens (tertiary/aromatic N) is 4. The van der Waals surface area contributed by atoms with Crippen molar-refractivity contribution < 1.29 is 22.7 Å². The zero-order valence-corrected chi connectivity index (χ0v) is 17.7. The van der Waals surface area contributed by atoms with Crippen LogP contribution in [0.3, 0.4) is 0 Å². The van der Waals surface area contributed by atoms with E-state index in [0.29, 0.717) is 11.3 Å². The molecule has 0 saturated heterocycles. The standard InChI is InChI=1S/C22H21F3N4O3/c1-13-9-27(12-26-13)17-5-6-18-21(31)28(14(2)10-29(18)20(17)30)11-15-4-7-19(32-3)16(8-15)22(23,24)25/h4-9,12,14H,10-11H2,1-3H3/t14-/m1/s1. The Morgan fingerprint density at radius 1 is 1.19 bits per heavy atom. The highest BCUT2D eigenvalue weighted by molar-refractivity contribution is 5.93. The molecule has 0 unspecified atom stereocenters. The van der Waals surface area contributed by atoms with Gasteiger partial charge in [-0.05, 0) is 43.7 Å². The van der Waals surface area contributed by atoms with E-state index in [4.69, 9.17) is 4.74 Å². The third kappa shape index (κ3) is 3.76. The number of aromatic nitrogens is 3. The van der Waals surface area contributed by atoms with Crippen LogP contribution in [-0.2, 0) is 19.3 Å². The number of ether oxygens (including phenoxy) is 1. The number of carbonyl (C=O) groups is 1. The summed E-state index contributed by atoms with van der Waals surface area (Å²) in [6.07, 6.45) is -1.34. The first-order chi connectivity index (χ1) is 15.1. The summed E-state index contributed by atoms with van der Waals surface area (Å²) in [5.41, 5.74) is 0.404. The maximum atomic E-state index is 13.4. The smallest absolute Gasteiger partial charge is 0.419 e. The highest BCUT2D eigenvalue weighted by Crippen LogP contribution is 2.37. The summed E-state index contributed by atoms with van der Waals surface area (Å²) >= 11 is 0. The second kappa shape index (κ2) is 7.85. The van der Waals surface area contributed by atoms with Crippen molar-refractivity contribution in [3.63, 3.8) is 0 Å². The van der Waals surface area contributed by atoms with Gasteiger partial charge in [0.1, 0.15) is 17.1 Å². The van der Waals surface area contributed by atoms with Gasteiger partial charge in [-0.3, -0.25) is 9.59 Å². The summed E-state index contributed by atoms with van der Waals surface area (Å²) < 4.78 is 47.9.